The molecule has 0 saturated carbocycles. The van der Waals surface area contributed by atoms with E-state index in [4.69, 9.17) is 4.55 Å². The van der Waals surface area contributed by atoms with Crippen molar-refractivity contribution in [1.29, 1.82) is 0 Å². The van der Waals surface area contributed by atoms with Crippen molar-refractivity contribution in [1.82, 2.24) is 0 Å². The van der Waals surface area contributed by atoms with Crippen LogP contribution in [0.5, 0.6) is 0 Å². The smallest absolute Gasteiger partial charge is 0.432 e. The molecule has 0 aromatic heterocycles. The molecule has 0 amide bonds. The van der Waals surface area contributed by atoms with Gasteiger partial charge in [0.25, 0.3) is 6.10 Å². The molecule has 0 aliphatic heterocycles. The first kappa shape index (κ1) is 25.2. The maximum absolute atomic E-state index is 13.6. The number of allylic oxidation sites excluding steroid dienone is 1. The van der Waals surface area contributed by atoms with Crippen LogP contribution in [0.2, 0.25) is 0 Å². The molecule has 1 N–H and O–H groups in total. The fourth-order valence-corrected chi connectivity index (χ4v) is 5.18. The highest BCUT2D eigenvalue weighted by Gasteiger charge is 2.66. The molecule has 152 valence electrons. The molecule has 1 unspecified atom stereocenters. The van der Waals surface area contributed by atoms with Crippen LogP contribution in [0.3, 0.4) is 0 Å². The molecule has 0 fully saturated rings. The minimum absolute atomic E-state index is 0.0801. The zero-order chi connectivity index (χ0) is 21.5. The third-order valence-corrected chi connectivity index (χ3v) is 7.98. The zero-order valence-electron chi connectivity index (χ0n) is 12.9. The average molecular weight is 752 g/mol. The molecule has 27 heavy (non-hydrogen) atoms. The second-order valence-electron chi connectivity index (χ2n) is 5.05. The Labute approximate surface area is 191 Å². The number of ether oxygens (including phenoxy) is 1. The summed E-state index contributed by atoms with van der Waals surface area (Å²) in [5.74, 6) is -1.82. The van der Waals surface area contributed by atoms with Gasteiger partial charge in [-0.15, -0.1) is 0 Å². The Morgan fingerprint density at radius 2 is 1.67 bits per heavy atom. The first-order valence-corrected chi connectivity index (χ1v) is 11.1. The Bertz CT molecular complexity index is 899. The number of hydrogen-bond acceptors (Lipinski definition) is 4. The molecule has 14 heteroatoms. The van der Waals surface area contributed by atoms with Crippen molar-refractivity contribution < 1.29 is 44.5 Å². The number of alkyl halides is 5. The van der Waals surface area contributed by atoms with Crippen LogP contribution in [-0.4, -0.2) is 36.5 Å². The second kappa shape index (κ2) is 8.50. The van der Waals surface area contributed by atoms with Gasteiger partial charge in [0.1, 0.15) is 0 Å². The molecular formula is C13H8F5I3O5S. The lowest BCUT2D eigenvalue weighted by molar-refractivity contribution is -0.248. The SMILES string of the molecule is C=C(C)c1cc(I)c(C(=O)OC(C(F)(F)F)C(F)(F)S(=O)(=O)O)c(I)c1I. The van der Waals surface area contributed by atoms with Gasteiger partial charge in [0.15, 0.2) is 0 Å². The van der Waals surface area contributed by atoms with E-state index in [1.165, 1.54) is 6.07 Å². The summed E-state index contributed by atoms with van der Waals surface area (Å²) in [7, 11) is -6.51. The molecule has 0 saturated heterocycles. The highest BCUT2D eigenvalue weighted by atomic mass is 127. The normalized spacial score (nSPS) is 14.0. The minimum Gasteiger partial charge on any atom is -0.441 e. The van der Waals surface area contributed by atoms with Crippen molar-refractivity contribution >= 4 is 89.4 Å². The number of hydrogen-bond donors (Lipinski definition) is 1. The monoisotopic (exact) mass is 752 g/mol. The molecule has 0 aliphatic rings. The zero-order valence-corrected chi connectivity index (χ0v) is 20.2. The quantitative estimate of drug-likeness (QED) is 0.149. The fraction of sp³-hybridized carbons (Fsp3) is 0.308. The molecule has 1 aromatic carbocycles. The van der Waals surface area contributed by atoms with Crippen LogP contribution in [0.25, 0.3) is 5.57 Å². The van der Waals surface area contributed by atoms with Crippen molar-refractivity contribution in [2.24, 2.45) is 0 Å². The van der Waals surface area contributed by atoms with E-state index in [0.29, 0.717) is 14.7 Å². The highest BCUT2D eigenvalue weighted by Crippen LogP contribution is 2.39. The summed E-state index contributed by atoms with van der Waals surface area (Å²) in [4.78, 5) is 12.2. The largest absolute Gasteiger partial charge is 0.441 e. The average Bonchev–Trinajstić information content (AvgIpc) is 2.45. The predicted octanol–water partition coefficient (Wildman–Crippen LogP) is 5.10. The summed E-state index contributed by atoms with van der Waals surface area (Å²) in [6, 6.07) is 1.40. The van der Waals surface area contributed by atoms with E-state index in [2.05, 4.69) is 11.3 Å². The number of rotatable bonds is 5. The summed E-state index contributed by atoms with van der Waals surface area (Å²) < 4.78 is 100. The predicted molar refractivity (Wildman–Crippen MR) is 111 cm³/mol. The summed E-state index contributed by atoms with van der Waals surface area (Å²) in [6.07, 6.45) is -10.4. The van der Waals surface area contributed by atoms with Gasteiger partial charge in [-0.2, -0.15) is 30.4 Å². The number of benzene rings is 1. The van der Waals surface area contributed by atoms with E-state index in [1.54, 1.807) is 74.7 Å². The maximum Gasteiger partial charge on any atom is 0.432 e. The lowest BCUT2D eigenvalue weighted by Gasteiger charge is -2.26. The summed E-state index contributed by atoms with van der Waals surface area (Å²) in [6.45, 7) is 5.36. The summed E-state index contributed by atoms with van der Waals surface area (Å²) >= 11 is 5.00. The van der Waals surface area contributed by atoms with Crippen LogP contribution in [0.15, 0.2) is 12.6 Å². The maximum atomic E-state index is 13.6. The molecule has 1 atom stereocenters. The summed E-state index contributed by atoms with van der Waals surface area (Å²) in [5.41, 5.74) is 0.712. The Balaban J connectivity index is 3.50. The van der Waals surface area contributed by atoms with E-state index >= 15 is 0 Å². The van der Waals surface area contributed by atoms with Gasteiger partial charge in [0.2, 0.25) is 0 Å². The molecule has 0 bridgehead atoms. The Morgan fingerprint density at radius 1 is 1.19 bits per heavy atom. The highest BCUT2D eigenvalue weighted by molar-refractivity contribution is 14.1. The van der Waals surface area contributed by atoms with E-state index < -0.39 is 39.2 Å². The lowest BCUT2D eigenvalue weighted by Crippen LogP contribution is -2.52. The van der Waals surface area contributed by atoms with Crippen molar-refractivity contribution in [3.8, 4) is 0 Å². The molecule has 0 heterocycles. The number of carbonyl (C=O) groups excluding carboxylic acids is 1. The Kier molecular flexibility index (Phi) is 7.94. The van der Waals surface area contributed by atoms with Crippen LogP contribution in [0, 0.1) is 10.7 Å². The molecule has 5 nitrogen and oxygen atoms in total. The topological polar surface area (TPSA) is 80.7 Å². The first-order chi connectivity index (χ1) is 11.9. The molecular weight excluding hydrogens is 744 g/mol. The standard InChI is InChI=1S/C13H8F5I3O5S/c1-4(2)5-3-6(19)7(9(21)8(5)20)10(22)26-11(12(14,15)16)13(17,18)27(23,24)25/h3,11H,1H2,2H3,(H,23,24,25). The van der Waals surface area contributed by atoms with Gasteiger partial charge in [0.05, 0.1) is 5.56 Å². The van der Waals surface area contributed by atoms with Gasteiger partial charge in [0, 0.05) is 10.7 Å². The molecule has 0 aliphatic carbocycles. The van der Waals surface area contributed by atoms with Crippen LogP contribution >= 0.6 is 67.8 Å². The van der Waals surface area contributed by atoms with Gasteiger partial charge >= 0.3 is 27.5 Å². The number of carbonyl (C=O) groups is 1. The van der Waals surface area contributed by atoms with Crippen LogP contribution in [0.1, 0.15) is 22.8 Å². The van der Waals surface area contributed by atoms with Gasteiger partial charge in [-0.1, -0.05) is 6.58 Å². The van der Waals surface area contributed by atoms with Gasteiger partial charge in [-0.3, -0.25) is 4.55 Å². The van der Waals surface area contributed by atoms with Crippen molar-refractivity contribution in [2.75, 3.05) is 0 Å². The van der Waals surface area contributed by atoms with Crippen molar-refractivity contribution in [3.05, 3.63) is 34.5 Å². The third-order valence-electron chi connectivity index (χ3n) is 2.99. The van der Waals surface area contributed by atoms with Crippen LogP contribution in [-0.2, 0) is 14.9 Å². The first-order valence-electron chi connectivity index (χ1n) is 6.38. The second-order valence-corrected chi connectivity index (χ2v) is 9.87. The third kappa shape index (κ3) is 5.41. The Morgan fingerprint density at radius 3 is 2.04 bits per heavy atom. The minimum atomic E-state index is -6.51. The van der Waals surface area contributed by atoms with E-state index in [1.807, 2.05) is 0 Å². The summed E-state index contributed by atoms with van der Waals surface area (Å²) in [5, 5.41) is -5.79. The van der Waals surface area contributed by atoms with E-state index in [9.17, 15) is 35.2 Å². The molecule has 0 radical (unpaired) electrons. The molecule has 0 spiro atoms. The van der Waals surface area contributed by atoms with Crippen molar-refractivity contribution in [2.45, 2.75) is 24.5 Å². The van der Waals surface area contributed by atoms with E-state index in [-0.39, 0.29) is 7.14 Å². The number of halogens is 8. The lowest BCUT2D eigenvalue weighted by atomic mass is 10.1. The van der Waals surface area contributed by atoms with Gasteiger partial charge < -0.3 is 4.74 Å². The van der Waals surface area contributed by atoms with Crippen LogP contribution < -0.4 is 0 Å². The molecule has 1 rings (SSSR count). The molecule has 1 aromatic rings. The number of esters is 1. The fourth-order valence-electron chi connectivity index (χ4n) is 1.72. The van der Waals surface area contributed by atoms with Crippen molar-refractivity contribution in [3.63, 3.8) is 0 Å². The van der Waals surface area contributed by atoms with Gasteiger partial charge in [-0.25, -0.2) is 4.79 Å². The van der Waals surface area contributed by atoms with E-state index in [0.717, 1.165) is 0 Å². The Hall–Kier alpha value is 0.180. The van der Waals surface area contributed by atoms with Crippen LogP contribution in [0.4, 0.5) is 22.0 Å². The van der Waals surface area contributed by atoms with Gasteiger partial charge in [-0.05, 0) is 91.9 Å².